The van der Waals surface area contributed by atoms with Crippen LogP contribution in [-0.4, -0.2) is 31.5 Å². The predicted molar refractivity (Wildman–Crippen MR) is 99.4 cm³/mol. The van der Waals surface area contributed by atoms with Crippen LogP contribution in [0.5, 0.6) is 11.5 Å². The van der Waals surface area contributed by atoms with Gasteiger partial charge in [0.15, 0.2) is 0 Å². The Hall–Kier alpha value is -2.20. The zero-order valence-electron chi connectivity index (χ0n) is 13.7. The number of nitrogens with zero attached hydrogens (tertiary/aromatic N) is 2. The standard InChI is InChI=1S/C19H21ClN2O2/c1-24-19-12-16(22-9-3-2-4-10-22)7-5-14(19)13-21-17-8-6-15(20)11-18(17)23/h5-8,11-13,23H,2-4,9-10H2,1H3. The highest BCUT2D eigenvalue weighted by Gasteiger charge is 2.12. The molecule has 1 fully saturated rings. The SMILES string of the molecule is COc1cc(N2CCCCC2)ccc1C=Nc1ccc(Cl)cc1O. The first-order valence-corrected chi connectivity index (χ1v) is 8.51. The summed E-state index contributed by atoms with van der Waals surface area (Å²) in [6.45, 7) is 2.18. The Kier molecular flexibility index (Phi) is 5.26. The zero-order valence-corrected chi connectivity index (χ0v) is 14.5. The van der Waals surface area contributed by atoms with Gasteiger partial charge in [-0.05, 0) is 43.5 Å². The van der Waals surface area contributed by atoms with Gasteiger partial charge in [0, 0.05) is 47.7 Å². The molecule has 1 saturated heterocycles. The number of ether oxygens (including phenoxy) is 1. The Morgan fingerprint density at radius 1 is 1.12 bits per heavy atom. The molecule has 0 amide bonds. The quantitative estimate of drug-likeness (QED) is 0.811. The fourth-order valence-corrected chi connectivity index (χ4v) is 3.07. The van der Waals surface area contributed by atoms with Gasteiger partial charge in [-0.1, -0.05) is 11.6 Å². The van der Waals surface area contributed by atoms with Gasteiger partial charge < -0.3 is 14.7 Å². The predicted octanol–water partition coefficient (Wildman–Crippen LogP) is 4.80. The normalized spacial score (nSPS) is 15.0. The maximum Gasteiger partial charge on any atom is 0.142 e. The van der Waals surface area contributed by atoms with Crippen molar-refractivity contribution in [3.05, 3.63) is 47.0 Å². The third-order valence-electron chi connectivity index (χ3n) is 4.22. The second-order valence-corrected chi connectivity index (χ2v) is 6.30. The Morgan fingerprint density at radius 2 is 1.92 bits per heavy atom. The van der Waals surface area contributed by atoms with Crippen molar-refractivity contribution in [3.63, 3.8) is 0 Å². The third-order valence-corrected chi connectivity index (χ3v) is 4.45. The molecule has 5 heteroatoms. The van der Waals surface area contributed by atoms with E-state index in [1.54, 1.807) is 25.5 Å². The molecule has 0 aliphatic carbocycles. The number of piperidine rings is 1. The topological polar surface area (TPSA) is 45.1 Å². The molecule has 0 atom stereocenters. The van der Waals surface area contributed by atoms with Gasteiger partial charge in [-0.2, -0.15) is 0 Å². The van der Waals surface area contributed by atoms with Crippen LogP contribution in [0.2, 0.25) is 5.02 Å². The molecular formula is C19H21ClN2O2. The number of phenols is 1. The molecule has 4 nitrogen and oxygen atoms in total. The van der Waals surface area contributed by atoms with Crippen molar-refractivity contribution in [3.8, 4) is 11.5 Å². The van der Waals surface area contributed by atoms with Crippen molar-refractivity contribution >= 4 is 29.2 Å². The number of anilines is 1. The van der Waals surface area contributed by atoms with Gasteiger partial charge >= 0.3 is 0 Å². The molecule has 126 valence electrons. The fraction of sp³-hybridized carbons (Fsp3) is 0.316. The minimum absolute atomic E-state index is 0.0580. The van der Waals surface area contributed by atoms with E-state index in [1.807, 2.05) is 12.1 Å². The van der Waals surface area contributed by atoms with Crippen molar-refractivity contribution in [1.29, 1.82) is 0 Å². The number of hydrogen-bond donors (Lipinski definition) is 1. The molecule has 0 bridgehead atoms. The second kappa shape index (κ2) is 7.58. The van der Waals surface area contributed by atoms with Crippen LogP contribution >= 0.6 is 11.6 Å². The molecule has 0 saturated carbocycles. The number of phenolic OH excluding ortho intramolecular Hbond substituents is 1. The molecule has 2 aromatic carbocycles. The molecule has 1 N–H and O–H groups in total. The molecular weight excluding hydrogens is 324 g/mol. The lowest BCUT2D eigenvalue weighted by atomic mass is 10.1. The van der Waals surface area contributed by atoms with E-state index >= 15 is 0 Å². The van der Waals surface area contributed by atoms with Crippen LogP contribution < -0.4 is 9.64 Å². The van der Waals surface area contributed by atoms with Gasteiger partial charge in [-0.3, -0.25) is 4.99 Å². The summed E-state index contributed by atoms with van der Waals surface area (Å²) in [6.07, 6.45) is 5.48. The summed E-state index contributed by atoms with van der Waals surface area (Å²) in [7, 11) is 1.66. The van der Waals surface area contributed by atoms with E-state index in [0.29, 0.717) is 10.7 Å². The molecule has 1 aliphatic rings. The summed E-state index contributed by atoms with van der Waals surface area (Å²) < 4.78 is 5.51. The smallest absolute Gasteiger partial charge is 0.142 e. The van der Waals surface area contributed by atoms with Crippen molar-refractivity contribution in [2.45, 2.75) is 19.3 Å². The summed E-state index contributed by atoms with van der Waals surface area (Å²) >= 11 is 5.84. The first-order chi connectivity index (χ1) is 11.7. The lowest BCUT2D eigenvalue weighted by molar-refractivity contribution is 0.414. The summed E-state index contributed by atoms with van der Waals surface area (Å²) in [6, 6.07) is 11.0. The van der Waals surface area contributed by atoms with Crippen molar-refractivity contribution in [1.82, 2.24) is 0 Å². The molecule has 0 radical (unpaired) electrons. The minimum Gasteiger partial charge on any atom is -0.506 e. The number of hydrogen-bond acceptors (Lipinski definition) is 4. The number of benzene rings is 2. The van der Waals surface area contributed by atoms with Gasteiger partial charge in [0.25, 0.3) is 0 Å². The molecule has 0 aromatic heterocycles. The van der Waals surface area contributed by atoms with Crippen LogP contribution in [0.25, 0.3) is 0 Å². The molecule has 24 heavy (non-hydrogen) atoms. The van der Waals surface area contributed by atoms with E-state index in [4.69, 9.17) is 16.3 Å². The van der Waals surface area contributed by atoms with Gasteiger partial charge in [-0.15, -0.1) is 0 Å². The molecule has 3 rings (SSSR count). The third kappa shape index (κ3) is 3.82. The summed E-state index contributed by atoms with van der Waals surface area (Å²) in [5.41, 5.74) is 2.52. The molecule has 0 unspecified atom stereocenters. The van der Waals surface area contributed by atoms with Gasteiger partial charge in [-0.25, -0.2) is 0 Å². The lowest BCUT2D eigenvalue weighted by Crippen LogP contribution is -2.29. The molecule has 0 spiro atoms. The van der Waals surface area contributed by atoms with E-state index in [-0.39, 0.29) is 5.75 Å². The first kappa shape index (κ1) is 16.7. The number of aromatic hydroxyl groups is 1. The monoisotopic (exact) mass is 344 g/mol. The molecule has 1 aliphatic heterocycles. The number of aliphatic imine (C=N–C) groups is 1. The number of rotatable bonds is 4. The summed E-state index contributed by atoms with van der Waals surface area (Å²) in [5.74, 6) is 0.831. The molecule has 2 aromatic rings. The highest BCUT2D eigenvalue weighted by atomic mass is 35.5. The van der Waals surface area contributed by atoms with Crippen LogP contribution in [0.4, 0.5) is 11.4 Å². The Balaban J connectivity index is 1.83. The minimum atomic E-state index is 0.0580. The maximum absolute atomic E-state index is 9.87. The summed E-state index contributed by atoms with van der Waals surface area (Å²) in [4.78, 5) is 6.73. The zero-order chi connectivity index (χ0) is 16.9. The van der Waals surface area contributed by atoms with E-state index in [9.17, 15) is 5.11 Å². The first-order valence-electron chi connectivity index (χ1n) is 8.13. The van der Waals surface area contributed by atoms with Crippen molar-refractivity contribution < 1.29 is 9.84 Å². The van der Waals surface area contributed by atoms with Crippen molar-refractivity contribution in [2.24, 2.45) is 4.99 Å². The van der Waals surface area contributed by atoms with Crippen LogP contribution in [0, 0.1) is 0 Å². The largest absolute Gasteiger partial charge is 0.506 e. The average Bonchev–Trinajstić information content (AvgIpc) is 2.61. The Labute approximate surface area is 147 Å². The van der Waals surface area contributed by atoms with Gasteiger partial charge in [0.05, 0.1) is 7.11 Å². The van der Waals surface area contributed by atoms with E-state index in [0.717, 1.165) is 24.4 Å². The molecule has 1 heterocycles. The van der Waals surface area contributed by atoms with Crippen LogP contribution in [-0.2, 0) is 0 Å². The number of halogens is 1. The van der Waals surface area contributed by atoms with Crippen LogP contribution in [0.15, 0.2) is 41.4 Å². The highest BCUT2D eigenvalue weighted by Crippen LogP contribution is 2.30. The van der Waals surface area contributed by atoms with Gasteiger partial charge in [0.2, 0.25) is 0 Å². The lowest BCUT2D eigenvalue weighted by Gasteiger charge is -2.29. The van der Waals surface area contributed by atoms with Crippen LogP contribution in [0.1, 0.15) is 24.8 Å². The average molecular weight is 345 g/mol. The van der Waals surface area contributed by atoms with Crippen LogP contribution in [0.3, 0.4) is 0 Å². The maximum atomic E-state index is 9.87. The fourth-order valence-electron chi connectivity index (χ4n) is 2.90. The Bertz CT molecular complexity index is 740. The second-order valence-electron chi connectivity index (χ2n) is 5.87. The highest BCUT2D eigenvalue weighted by molar-refractivity contribution is 6.30. The van der Waals surface area contributed by atoms with E-state index in [2.05, 4.69) is 16.0 Å². The Morgan fingerprint density at radius 3 is 2.62 bits per heavy atom. The van der Waals surface area contributed by atoms with E-state index < -0.39 is 0 Å². The van der Waals surface area contributed by atoms with E-state index in [1.165, 1.54) is 31.0 Å². The van der Waals surface area contributed by atoms with Crippen molar-refractivity contribution in [2.75, 3.05) is 25.1 Å². The van der Waals surface area contributed by atoms with Gasteiger partial charge in [0.1, 0.15) is 17.2 Å². The number of methoxy groups -OCH3 is 1. The summed E-state index contributed by atoms with van der Waals surface area (Å²) in [5, 5.41) is 10.4.